The minimum Gasteiger partial charge on any atom is -0.381 e. The maximum absolute atomic E-state index is 11.5. The van der Waals surface area contributed by atoms with E-state index in [0.717, 1.165) is 39.1 Å². The summed E-state index contributed by atoms with van der Waals surface area (Å²) < 4.78 is 5.30. The van der Waals surface area contributed by atoms with E-state index in [1.165, 1.54) is 0 Å². The molecule has 2 aliphatic rings. The van der Waals surface area contributed by atoms with E-state index in [-0.39, 0.29) is 11.6 Å². The van der Waals surface area contributed by atoms with Crippen molar-refractivity contribution in [1.82, 2.24) is 10.2 Å². The van der Waals surface area contributed by atoms with Crippen LogP contribution < -0.4 is 5.32 Å². The van der Waals surface area contributed by atoms with Crippen LogP contribution in [0.25, 0.3) is 0 Å². The Balaban J connectivity index is 2.07. The number of nitrogens with zero attached hydrogens (tertiary/aromatic N) is 1. The number of rotatable bonds is 1. The lowest BCUT2D eigenvalue weighted by Gasteiger charge is -2.40. The highest BCUT2D eigenvalue weighted by Crippen LogP contribution is 2.28. The summed E-state index contributed by atoms with van der Waals surface area (Å²) >= 11 is 0. The first-order valence-corrected chi connectivity index (χ1v) is 4.86. The second kappa shape index (κ2) is 3.18. The van der Waals surface area contributed by atoms with Gasteiger partial charge in [-0.05, 0) is 19.8 Å². The Hall–Kier alpha value is -0.770. The van der Waals surface area contributed by atoms with E-state index < -0.39 is 0 Å². The van der Waals surface area contributed by atoms with Crippen LogP contribution in [-0.4, -0.2) is 42.8 Å². The molecule has 2 rings (SSSR count). The molecule has 0 bridgehead atoms. The minimum atomic E-state index is 0.0266. The standard InChI is InChI=1S/C9H16N2O2/c1-9(2-6-13-7-3-9)11-5-4-10-8(11)12/h2-7H2,1H3,(H,10,12). The summed E-state index contributed by atoms with van der Waals surface area (Å²) in [7, 11) is 0. The van der Waals surface area contributed by atoms with Crippen molar-refractivity contribution in [2.45, 2.75) is 25.3 Å². The molecule has 4 nitrogen and oxygen atoms in total. The number of ether oxygens (including phenoxy) is 1. The Kier molecular flexibility index (Phi) is 2.15. The van der Waals surface area contributed by atoms with Crippen LogP contribution in [0.2, 0.25) is 0 Å². The van der Waals surface area contributed by atoms with E-state index in [1.54, 1.807) is 0 Å². The van der Waals surface area contributed by atoms with Gasteiger partial charge in [0, 0.05) is 31.8 Å². The summed E-state index contributed by atoms with van der Waals surface area (Å²) in [4.78, 5) is 13.4. The first-order valence-electron chi connectivity index (χ1n) is 4.86. The quantitative estimate of drug-likeness (QED) is 0.647. The largest absolute Gasteiger partial charge is 0.381 e. The Morgan fingerprint density at radius 1 is 1.46 bits per heavy atom. The number of nitrogens with one attached hydrogen (secondary N) is 1. The molecule has 74 valence electrons. The Labute approximate surface area is 78.2 Å². The fraction of sp³-hybridized carbons (Fsp3) is 0.889. The molecule has 0 unspecified atom stereocenters. The molecule has 0 spiro atoms. The van der Waals surface area contributed by atoms with E-state index in [0.29, 0.717) is 0 Å². The van der Waals surface area contributed by atoms with Gasteiger partial charge < -0.3 is 15.0 Å². The number of amides is 2. The van der Waals surface area contributed by atoms with Crippen molar-refractivity contribution in [1.29, 1.82) is 0 Å². The summed E-state index contributed by atoms with van der Waals surface area (Å²) in [6, 6.07) is 0.0874. The molecule has 0 saturated carbocycles. The van der Waals surface area contributed by atoms with Crippen molar-refractivity contribution < 1.29 is 9.53 Å². The molecule has 1 N–H and O–H groups in total. The monoisotopic (exact) mass is 184 g/mol. The van der Waals surface area contributed by atoms with E-state index in [2.05, 4.69) is 12.2 Å². The molecule has 2 aliphatic heterocycles. The first kappa shape index (κ1) is 8.81. The van der Waals surface area contributed by atoms with Gasteiger partial charge in [0.15, 0.2) is 0 Å². The molecule has 2 saturated heterocycles. The molecule has 2 fully saturated rings. The van der Waals surface area contributed by atoms with Crippen LogP contribution in [-0.2, 0) is 4.74 Å². The number of carbonyl (C=O) groups excluding carboxylic acids is 1. The fourth-order valence-electron chi connectivity index (χ4n) is 2.07. The highest BCUT2D eigenvalue weighted by Gasteiger charge is 2.38. The molecule has 2 amide bonds. The van der Waals surface area contributed by atoms with E-state index in [1.807, 2.05) is 4.90 Å². The number of hydrogen-bond acceptors (Lipinski definition) is 2. The van der Waals surface area contributed by atoms with Gasteiger partial charge in [-0.1, -0.05) is 0 Å². The molecular formula is C9H16N2O2. The Morgan fingerprint density at radius 2 is 2.15 bits per heavy atom. The lowest BCUT2D eigenvalue weighted by Crippen LogP contribution is -2.51. The maximum Gasteiger partial charge on any atom is 0.317 e. The van der Waals surface area contributed by atoms with Crippen molar-refractivity contribution in [2.75, 3.05) is 26.3 Å². The Bertz CT molecular complexity index is 212. The molecule has 2 heterocycles. The van der Waals surface area contributed by atoms with Crippen molar-refractivity contribution in [3.8, 4) is 0 Å². The van der Waals surface area contributed by atoms with Crippen LogP contribution >= 0.6 is 0 Å². The van der Waals surface area contributed by atoms with Crippen LogP contribution in [0.15, 0.2) is 0 Å². The van der Waals surface area contributed by atoms with Gasteiger partial charge in [0.05, 0.1) is 0 Å². The normalized spacial score (nSPS) is 27.5. The van der Waals surface area contributed by atoms with Gasteiger partial charge >= 0.3 is 6.03 Å². The topological polar surface area (TPSA) is 41.6 Å². The van der Waals surface area contributed by atoms with Crippen LogP contribution in [0, 0.1) is 0 Å². The first-order chi connectivity index (χ1) is 6.22. The van der Waals surface area contributed by atoms with Gasteiger partial charge in [-0.15, -0.1) is 0 Å². The third-order valence-corrected chi connectivity index (χ3v) is 3.08. The van der Waals surface area contributed by atoms with Crippen LogP contribution in [0.3, 0.4) is 0 Å². The highest BCUT2D eigenvalue weighted by molar-refractivity contribution is 5.77. The van der Waals surface area contributed by atoms with Crippen molar-refractivity contribution in [2.24, 2.45) is 0 Å². The molecule has 13 heavy (non-hydrogen) atoms. The van der Waals surface area contributed by atoms with Crippen molar-refractivity contribution in [3.05, 3.63) is 0 Å². The Morgan fingerprint density at radius 3 is 2.69 bits per heavy atom. The number of carbonyl (C=O) groups is 1. The predicted octanol–water partition coefficient (Wildman–Crippen LogP) is 0.581. The van der Waals surface area contributed by atoms with Crippen LogP contribution in [0.1, 0.15) is 19.8 Å². The summed E-state index contributed by atoms with van der Waals surface area (Å²) in [6.07, 6.45) is 1.92. The lowest BCUT2D eigenvalue weighted by atomic mass is 9.91. The highest BCUT2D eigenvalue weighted by atomic mass is 16.5. The average Bonchev–Trinajstić information content (AvgIpc) is 2.53. The summed E-state index contributed by atoms with van der Waals surface area (Å²) in [5.74, 6) is 0. The van der Waals surface area contributed by atoms with Crippen LogP contribution in [0.5, 0.6) is 0 Å². The third-order valence-electron chi connectivity index (χ3n) is 3.08. The smallest absolute Gasteiger partial charge is 0.317 e. The van der Waals surface area contributed by atoms with Crippen molar-refractivity contribution in [3.63, 3.8) is 0 Å². The zero-order valence-electron chi connectivity index (χ0n) is 8.01. The molecule has 0 aromatic heterocycles. The van der Waals surface area contributed by atoms with E-state index in [4.69, 9.17) is 4.74 Å². The van der Waals surface area contributed by atoms with Gasteiger partial charge in [-0.3, -0.25) is 0 Å². The zero-order valence-corrected chi connectivity index (χ0v) is 8.01. The molecular weight excluding hydrogens is 168 g/mol. The maximum atomic E-state index is 11.5. The molecule has 0 aromatic carbocycles. The number of urea groups is 1. The minimum absolute atomic E-state index is 0.0266. The summed E-state index contributed by atoms with van der Waals surface area (Å²) in [5.41, 5.74) is 0.0266. The lowest BCUT2D eigenvalue weighted by molar-refractivity contribution is 0.00605. The van der Waals surface area contributed by atoms with E-state index in [9.17, 15) is 4.79 Å². The van der Waals surface area contributed by atoms with E-state index >= 15 is 0 Å². The predicted molar refractivity (Wildman–Crippen MR) is 48.6 cm³/mol. The van der Waals surface area contributed by atoms with Crippen molar-refractivity contribution >= 4 is 6.03 Å². The molecule has 0 radical (unpaired) electrons. The van der Waals surface area contributed by atoms with Gasteiger partial charge in [0.2, 0.25) is 0 Å². The molecule has 0 aliphatic carbocycles. The average molecular weight is 184 g/mol. The third kappa shape index (κ3) is 1.50. The van der Waals surface area contributed by atoms with Crippen LogP contribution in [0.4, 0.5) is 4.79 Å². The fourth-order valence-corrected chi connectivity index (χ4v) is 2.07. The van der Waals surface area contributed by atoms with Gasteiger partial charge in [0.1, 0.15) is 0 Å². The second-order valence-electron chi connectivity index (χ2n) is 3.99. The zero-order chi connectivity index (χ0) is 9.31. The summed E-state index contributed by atoms with van der Waals surface area (Å²) in [5, 5.41) is 2.84. The number of hydrogen-bond donors (Lipinski definition) is 1. The van der Waals surface area contributed by atoms with Gasteiger partial charge in [-0.25, -0.2) is 4.79 Å². The second-order valence-corrected chi connectivity index (χ2v) is 3.99. The molecule has 4 heteroatoms. The van der Waals surface area contributed by atoms with Gasteiger partial charge in [0.25, 0.3) is 0 Å². The van der Waals surface area contributed by atoms with Gasteiger partial charge in [-0.2, -0.15) is 0 Å². The molecule has 0 atom stereocenters. The SMILES string of the molecule is CC1(N2CCNC2=O)CCOCC1. The summed E-state index contributed by atoms with van der Waals surface area (Å²) in [6.45, 7) is 5.34. The molecule has 0 aromatic rings.